The van der Waals surface area contributed by atoms with Crippen LogP contribution in [0.1, 0.15) is 11.1 Å². The molecule has 4 rings (SSSR count). The molecule has 1 aliphatic heterocycles. The smallest absolute Gasteiger partial charge is 0.419 e. The van der Waals surface area contributed by atoms with E-state index in [1.54, 1.807) is 13.0 Å². The summed E-state index contributed by atoms with van der Waals surface area (Å²) in [7, 11) is 0. The van der Waals surface area contributed by atoms with E-state index < -0.39 is 36.0 Å². The Bertz CT molecular complexity index is 1260. The second-order valence-corrected chi connectivity index (χ2v) is 7.09. The van der Waals surface area contributed by atoms with Gasteiger partial charge in [0.25, 0.3) is 5.91 Å². The van der Waals surface area contributed by atoms with Crippen LogP contribution >= 0.6 is 0 Å². The number of aryl methyl sites for hydroxylation is 1. The number of carbonyl (C=O) groups excluding carboxylic acids is 2. The number of nitrogens with zero attached hydrogens (tertiary/aromatic N) is 4. The standard InChI is InChI=1S/C21H15F4N5O3/c1-11-6-13(33-18-8-17(26)27-10-28-18)3-5-16(11)30-19(31)9-29(20(30)32)12-2-4-15(22)14(7-12)21(23,24)25/h2-8,10H,9H2,1H3,(H2,26,27,28). The second-order valence-electron chi connectivity index (χ2n) is 7.09. The van der Waals surface area contributed by atoms with Gasteiger partial charge in [0.15, 0.2) is 0 Å². The van der Waals surface area contributed by atoms with Crippen LogP contribution in [0.2, 0.25) is 0 Å². The Morgan fingerprint density at radius 3 is 2.48 bits per heavy atom. The summed E-state index contributed by atoms with van der Waals surface area (Å²) in [6.07, 6.45) is -3.73. The largest absolute Gasteiger partial charge is 0.439 e. The van der Waals surface area contributed by atoms with Gasteiger partial charge >= 0.3 is 12.2 Å². The summed E-state index contributed by atoms with van der Waals surface area (Å²) in [6, 6.07) is 7.17. The minimum Gasteiger partial charge on any atom is -0.439 e. The molecular weight excluding hydrogens is 446 g/mol. The number of urea groups is 1. The van der Waals surface area contributed by atoms with E-state index in [-0.39, 0.29) is 23.1 Å². The molecule has 0 spiro atoms. The maximum absolute atomic E-state index is 13.6. The van der Waals surface area contributed by atoms with Gasteiger partial charge in [-0.15, -0.1) is 0 Å². The number of alkyl halides is 3. The van der Waals surface area contributed by atoms with Crippen LogP contribution in [0, 0.1) is 12.7 Å². The molecule has 1 aliphatic rings. The number of rotatable bonds is 4. The lowest BCUT2D eigenvalue weighted by atomic mass is 10.1. The first kappa shape index (κ1) is 22.0. The topological polar surface area (TPSA) is 102 Å². The van der Waals surface area contributed by atoms with E-state index in [0.29, 0.717) is 23.4 Å². The van der Waals surface area contributed by atoms with Crippen molar-refractivity contribution in [2.24, 2.45) is 0 Å². The Morgan fingerprint density at radius 2 is 1.82 bits per heavy atom. The van der Waals surface area contributed by atoms with Crippen LogP contribution in [0.15, 0.2) is 48.8 Å². The van der Waals surface area contributed by atoms with Crippen LogP contribution in [0.4, 0.5) is 39.5 Å². The lowest BCUT2D eigenvalue weighted by Gasteiger charge is -2.20. The summed E-state index contributed by atoms with van der Waals surface area (Å²) in [5.74, 6) is -1.39. The fourth-order valence-electron chi connectivity index (χ4n) is 3.31. The number of halogens is 4. The average Bonchev–Trinajstić information content (AvgIpc) is 3.02. The zero-order valence-corrected chi connectivity index (χ0v) is 16.9. The van der Waals surface area contributed by atoms with Crippen LogP contribution in [-0.4, -0.2) is 28.5 Å². The number of anilines is 3. The minimum absolute atomic E-state index is 0.186. The van der Waals surface area contributed by atoms with Gasteiger partial charge in [0.2, 0.25) is 5.88 Å². The van der Waals surface area contributed by atoms with Gasteiger partial charge in [-0.1, -0.05) is 0 Å². The van der Waals surface area contributed by atoms with Crippen molar-refractivity contribution in [1.82, 2.24) is 9.97 Å². The third-order valence-corrected chi connectivity index (χ3v) is 4.83. The monoisotopic (exact) mass is 461 g/mol. The highest BCUT2D eigenvalue weighted by molar-refractivity contribution is 6.27. The van der Waals surface area contributed by atoms with Crippen molar-refractivity contribution in [3.63, 3.8) is 0 Å². The SMILES string of the molecule is Cc1cc(Oc2cc(N)ncn2)ccc1N1C(=O)CN(c2ccc(F)c(C(F)(F)F)c2)C1=O. The number of hydrogen-bond acceptors (Lipinski definition) is 6. The molecule has 0 saturated carbocycles. The molecule has 1 aromatic heterocycles. The van der Waals surface area contributed by atoms with Crippen LogP contribution in [0.25, 0.3) is 0 Å². The van der Waals surface area contributed by atoms with E-state index in [9.17, 15) is 27.2 Å². The molecular formula is C21H15F4N5O3. The third-order valence-electron chi connectivity index (χ3n) is 4.83. The number of benzene rings is 2. The van der Waals surface area contributed by atoms with Gasteiger partial charge < -0.3 is 10.5 Å². The van der Waals surface area contributed by atoms with Gasteiger partial charge in [0, 0.05) is 11.8 Å². The highest BCUT2D eigenvalue weighted by Crippen LogP contribution is 2.36. The maximum atomic E-state index is 13.6. The summed E-state index contributed by atoms with van der Waals surface area (Å²) >= 11 is 0. The number of nitrogen functional groups attached to an aromatic ring is 1. The summed E-state index contributed by atoms with van der Waals surface area (Å²) in [4.78, 5) is 34.9. The molecule has 3 amide bonds. The van der Waals surface area contributed by atoms with Gasteiger partial charge in [-0.3, -0.25) is 9.69 Å². The Labute approximate surface area is 184 Å². The lowest BCUT2D eigenvalue weighted by molar-refractivity contribution is -0.139. The molecule has 170 valence electrons. The Morgan fingerprint density at radius 1 is 1.06 bits per heavy atom. The van der Waals surface area contributed by atoms with E-state index in [2.05, 4.69) is 9.97 Å². The third kappa shape index (κ3) is 4.27. The van der Waals surface area contributed by atoms with Gasteiger partial charge in [-0.25, -0.2) is 24.1 Å². The molecule has 0 aliphatic carbocycles. The molecule has 0 radical (unpaired) electrons. The first-order valence-electron chi connectivity index (χ1n) is 9.42. The van der Waals surface area contributed by atoms with E-state index in [1.165, 1.54) is 24.5 Å². The van der Waals surface area contributed by atoms with Crippen molar-refractivity contribution in [2.75, 3.05) is 22.1 Å². The fraction of sp³-hybridized carbons (Fsp3) is 0.143. The van der Waals surface area contributed by atoms with Crippen molar-refractivity contribution in [3.05, 3.63) is 65.7 Å². The molecule has 1 saturated heterocycles. The number of aromatic nitrogens is 2. The van der Waals surface area contributed by atoms with Crippen LogP contribution in [0.5, 0.6) is 11.6 Å². The van der Waals surface area contributed by atoms with Crippen molar-refractivity contribution in [2.45, 2.75) is 13.1 Å². The number of hydrogen-bond donors (Lipinski definition) is 1. The molecule has 0 bridgehead atoms. The fourth-order valence-corrected chi connectivity index (χ4v) is 3.31. The summed E-state index contributed by atoms with van der Waals surface area (Å²) < 4.78 is 58.4. The van der Waals surface area contributed by atoms with E-state index in [4.69, 9.17) is 10.5 Å². The second kappa shape index (κ2) is 8.04. The quantitative estimate of drug-likeness (QED) is 0.460. The molecule has 8 nitrogen and oxygen atoms in total. The number of nitrogens with two attached hydrogens (primary N) is 1. The minimum atomic E-state index is -4.95. The molecule has 33 heavy (non-hydrogen) atoms. The first-order chi connectivity index (χ1) is 15.5. The van der Waals surface area contributed by atoms with Gasteiger partial charge in [0.05, 0.1) is 11.3 Å². The average molecular weight is 461 g/mol. The van der Waals surface area contributed by atoms with E-state index >= 15 is 0 Å². The normalized spacial score (nSPS) is 14.2. The zero-order valence-electron chi connectivity index (χ0n) is 16.9. The first-order valence-corrected chi connectivity index (χ1v) is 9.42. The summed E-state index contributed by atoms with van der Waals surface area (Å²) in [5, 5.41) is 0. The Hall–Kier alpha value is -4.22. The molecule has 0 atom stereocenters. The zero-order chi connectivity index (χ0) is 23.9. The van der Waals surface area contributed by atoms with Crippen LogP contribution < -0.4 is 20.3 Å². The molecule has 2 N–H and O–H groups in total. The predicted molar refractivity (Wildman–Crippen MR) is 109 cm³/mol. The Kier molecular flexibility index (Phi) is 5.36. The van der Waals surface area contributed by atoms with Crippen molar-refractivity contribution < 1.29 is 31.9 Å². The summed E-state index contributed by atoms with van der Waals surface area (Å²) in [5.41, 5.74) is 4.51. The number of ether oxygens (including phenoxy) is 1. The Balaban J connectivity index is 1.60. The van der Waals surface area contributed by atoms with Gasteiger partial charge in [0.1, 0.15) is 30.3 Å². The van der Waals surface area contributed by atoms with Crippen molar-refractivity contribution >= 4 is 29.1 Å². The number of imide groups is 1. The molecule has 2 heterocycles. The molecule has 3 aromatic rings. The highest BCUT2D eigenvalue weighted by atomic mass is 19.4. The van der Waals surface area contributed by atoms with Crippen LogP contribution in [-0.2, 0) is 11.0 Å². The highest BCUT2D eigenvalue weighted by Gasteiger charge is 2.40. The van der Waals surface area contributed by atoms with Gasteiger partial charge in [-0.2, -0.15) is 13.2 Å². The summed E-state index contributed by atoms with van der Waals surface area (Å²) in [6.45, 7) is 1.12. The van der Waals surface area contributed by atoms with Crippen molar-refractivity contribution in [3.8, 4) is 11.6 Å². The van der Waals surface area contributed by atoms with Crippen molar-refractivity contribution in [1.29, 1.82) is 0 Å². The maximum Gasteiger partial charge on any atom is 0.419 e. The van der Waals surface area contributed by atoms with Crippen LogP contribution in [0.3, 0.4) is 0 Å². The van der Waals surface area contributed by atoms with E-state index in [0.717, 1.165) is 15.9 Å². The molecule has 0 unspecified atom stereocenters. The molecule has 2 aromatic carbocycles. The molecule has 12 heteroatoms. The number of carbonyl (C=O) groups is 2. The molecule has 1 fully saturated rings. The van der Waals surface area contributed by atoms with Gasteiger partial charge in [-0.05, 0) is 48.9 Å². The predicted octanol–water partition coefficient (Wildman–Crippen LogP) is 4.29. The lowest BCUT2D eigenvalue weighted by Crippen LogP contribution is -2.33. The number of amides is 3. The van der Waals surface area contributed by atoms with E-state index in [1.807, 2.05) is 0 Å².